The van der Waals surface area contributed by atoms with Gasteiger partial charge >= 0.3 is 0 Å². The van der Waals surface area contributed by atoms with Gasteiger partial charge in [0.25, 0.3) is 5.92 Å². The number of piperidine rings is 1. The summed E-state index contributed by atoms with van der Waals surface area (Å²) in [5.74, 6) is -2.69. The van der Waals surface area contributed by atoms with Crippen molar-refractivity contribution in [3.05, 3.63) is 40.3 Å². The first-order chi connectivity index (χ1) is 18.1. The van der Waals surface area contributed by atoms with Gasteiger partial charge in [-0.05, 0) is 24.1 Å². The number of aliphatic hydroxyl groups excluding tert-OH is 1. The van der Waals surface area contributed by atoms with Crippen LogP contribution in [0.25, 0.3) is 10.9 Å². The summed E-state index contributed by atoms with van der Waals surface area (Å²) in [5.41, 5.74) is -0.115. The molecule has 0 bridgehead atoms. The van der Waals surface area contributed by atoms with Gasteiger partial charge in [0.05, 0.1) is 48.2 Å². The Hall–Kier alpha value is -2.51. The lowest BCUT2D eigenvalue weighted by molar-refractivity contribution is 0.0242. The van der Waals surface area contributed by atoms with Crippen molar-refractivity contribution in [2.24, 2.45) is 0 Å². The minimum absolute atomic E-state index is 0.0141. The molecule has 2 aliphatic heterocycles. The van der Waals surface area contributed by atoms with E-state index in [1.807, 2.05) is 4.90 Å². The monoisotopic (exact) mass is 569 g/mol. The van der Waals surface area contributed by atoms with Crippen LogP contribution in [-0.2, 0) is 10.2 Å². The Morgan fingerprint density at radius 3 is 2.68 bits per heavy atom. The zero-order valence-electron chi connectivity index (χ0n) is 19.9. The molecule has 202 valence electrons. The van der Waals surface area contributed by atoms with Gasteiger partial charge in [-0.15, -0.1) is 0 Å². The van der Waals surface area contributed by atoms with E-state index in [1.165, 1.54) is 12.4 Å². The summed E-state index contributed by atoms with van der Waals surface area (Å²) in [7, 11) is 0. The Kier molecular flexibility index (Phi) is 6.30. The molecule has 3 unspecified atom stereocenters. The Morgan fingerprint density at radius 2 is 2.03 bits per heavy atom. The topological polar surface area (TPSA) is 112 Å². The summed E-state index contributed by atoms with van der Waals surface area (Å²) in [6, 6.07) is 1.93. The highest BCUT2D eigenvalue weighted by Gasteiger charge is 2.59. The second kappa shape index (κ2) is 9.30. The second-order valence-corrected chi connectivity index (χ2v) is 10.8. The van der Waals surface area contributed by atoms with Crippen molar-refractivity contribution >= 4 is 52.0 Å². The summed E-state index contributed by atoms with van der Waals surface area (Å²) in [4.78, 5) is 10.6. The average molecular weight is 570 g/mol. The fourth-order valence-electron chi connectivity index (χ4n) is 5.37. The van der Waals surface area contributed by atoms with Crippen LogP contribution >= 0.6 is 23.2 Å². The number of halogens is 5. The molecule has 5 atom stereocenters. The number of alkyl halides is 3. The van der Waals surface area contributed by atoms with Gasteiger partial charge in [-0.1, -0.05) is 23.2 Å². The van der Waals surface area contributed by atoms with Crippen LogP contribution in [0.15, 0.2) is 24.5 Å². The van der Waals surface area contributed by atoms with Gasteiger partial charge in [-0.3, -0.25) is 4.90 Å². The number of hydrogen-bond acceptors (Lipinski definition) is 8. The number of likely N-dealkylation sites (tertiary alicyclic amines) is 1. The third kappa shape index (κ3) is 4.22. The smallest absolute Gasteiger partial charge is 0.272 e. The van der Waals surface area contributed by atoms with Crippen molar-refractivity contribution in [1.29, 1.82) is 5.41 Å². The molecule has 0 spiro atoms. The predicted octanol–water partition coefficient (Wildman–Crippen LogP) is 4.15. The van der Waals surface area contributed by atoms with Crippen LogP contribution in [0.4, 0.5) is 24.8 Å². The van der Waals surface area contributed by atoms with Gasteiger partial charge in [-0.25, -0.2) is 27.8 Å². The van der Waals surface area contributed by atoms with Crippen LogP contribution in [0.5, 0.6) is 0 Å². The number of hydrogen-bond donors (Lipinski definition) is 3. The fraction of sp³-hybridized carbons (Fsp3) is 0.500. The van der Waals surface area contributed by atoms with Gasteiger partial charge in [0, 0.05) is 42.3 Å². The van der Waals surface area contributed by atoms with E-state index in [1.54, 1.807) is 12.1 Å². The number of rotatable bonds is 6. The molecule has 1 saturated carbocycles. The van der Waals surface area contributed by atoms with Crippen molar-refractivity contribution in [3.8, 4) is 0 Å². The van der Waals surface area contributed by atoms with Gasteiger partial charge in [0.2, 0.25) is 5.95 Å². The van der Waals surface area contributed by atoms with Crippen molar-refractivity contribution < 1.29 is 23.0 Å². The van der Waals surface area contributed by atoms with Gasteiger partial charge in [0.1, 0.15) is 12.2 Å². The van der Waals surface area contributed by atoms with E-state index in [0.717, 1.165) is 10.9 Å². The van der Waals surface area contributed by atoms with E-state index >= 15 is 4.39 Å². The maximum atomic E-state index is 15.8. The zero-order chi connectivity index (χ0) is 26.8. The number of aromatic nitrogens is 4. The molecule has 6 rings (SSSR count). The second-order valence-electron chi connectivity index (χ2n) is 10.1. The van der Waals surface area contributed by atoms with Crippen LogP contribution in [0.3, 0.4) is 0 Å². The highest BCUT2D eigenvalue weighted by Crippen LogP contribution is 2.53. The molecule has 38 heavy (non-hydrogen) atoms. The normalized spacial score (nSPS) is 31.0. The molecule has 1 aromatic carbocycles. The molecule has 2 saturated heterocycles. The van der Waals surface area contributed by atoms with Gasteiger partial charge in [-0.2, -0.15) is 5.10 Å². The van der Waals surface area contributed by atoms with E-state index < -0.39 is 29.7 Å². The molecule has 3 N–H and O–H groups in total. The molecule has 4 heterocycles. The van der Waals surface area contributed by atoms with Gasteiger partial charge in [0.15, 0.2) is 5.15 Å². The van der Waals surface area contributed by atoms with Crippen LogP contribution in [0.1, 0.15) is 24.4 Å². The minimum Gasteiger partial charge on any atom is -0.389 e. The van der Waals surface area contributed by atoms with E-state index in [4.69, 9.17) is 33.3 Å². The first kappa shape index (κ1) is 25.8. The molecule has 3 fully saturated rings. The first-order valence-corrected chi connectivity index (χ1v) is 12.9. The summed E-state index contributed by atoms with van der Waals surface area (Å²) < 4.78 is 49.2. The molecule has 9 nitrogen and oxygen atoms in total. The molecule has 0 radical (unpaired) electrons. The van der Waals surface area contributed by atoms with Crippen LogP contribution in [0, 0.1) is 5.41 Å². The fourth-order valence-corrected chi connectivity index (χ4v) is 5.98. The molecule has 14 heteroatoms. The van der Waals surface area contributed by atoms with Gasteiger partial charge < -0.3 is 20.6 Å². The van der Waals surface area contributed by atoms with E-state index in [2.05, 4.69) is 20.4 Å². The van der Waals surface area contributed by atoms with E-state index in [-0.39, 0.29) is 48.8 Å². The Bertz CT molecular complexity index is 1410. The highest BCUT2D eigenvalue weighted by atomic mass is 35.5. The summed E-state index contributed by atoms with van der Waals surface area (Å²) in [6.45, 7) is 1.03. The van der Waals surface area contributed by atoms with Crippen LogP contribution < -0.4 is 5.32 Å². The lowest BCUT2D eigenvalue weighted by Crippen LogP contribution is -2.57. The molecule has 0 amide bonds. The Labute approximate surface area is 225 Å². The number of fused-ring (bicyclic) bond motifs is 1. The van der Waals surface area contributed by atoms with E-state index in [0.29, 0.717) is 34.6 Å². The van der Waals surface area contributed by atoms with Crippen molar-refractivity contribution in [2.45, 2.75) is 48.5 Å². The third-order valence-electron chi connectivity index (χ3n) is 7.75. The lowest BCUT2D eigenvalue weighted by Gasteiger charge is -2.44. The molecule has 1 aliphatic carbocycles. The Morgan fingerprint density at radius 1 is 1.24 bits per heavy atom. The number of anilines is 2. The first-order valence-electron chi connectivity index (χ1n) is 12.1. The van der Waals surface area contributed by atoms with Crippen LogP contribution in [-0.4, -0.2) is 86.5 Å². The molecular weight excluding hydrogens is 546 g/mol. The Balaban J connectivity index is 1.28. The minimum atomic E-state index is -2.83. The maximum absolute atomic E-state index is 15.8. The lowest BCUT2D eigenvalue weighted by atomic mass is 9.72. The summed E-state index contributed by atoms with van der Waals surface area (Å²) in [5, 5.41) is 26.1. The molecular formula is C24H24Cl2F3N7O2. The van der Waals surface area contributed by atoms with E-state index in [9.17, 15) is 13.9 Å². The van der Waals surface area contributed by atoms with Crippen LogP contribution in [0.2, 0.25) is 10.2 Å². The maximum Gasteiger partial charge on any atom is 0.272 e. The molecule has 3 aromatic rings. The van der Waals surface area contributed by atoms with Crippen molar-refractivity contribution in [3.63, 3.8) is 0 Å². The number of aliphatic hydroxyl groups is 1. The predicted molar refractivity (Wildman–Crippen MR) is 136 cm³/mol. The van der Waals surface area contributed by atoms with Crippen molar-refractivity contribution in [1.82, 2.24) is 24.6 Å². The quantitative estimate of drug-likeness (QED) is 0.382. The molecule has 2 aromatic heterocycles. The number of nitrogens with one attached hydrogen (secondary N) is 2. The largest absolute Gasteiger partial charge is 0.389 e. The molecule has 3 aliphatic rings. The number of ether oxygens (including phenoxy) is 1. The SMILES string of the molecule is N=CC1(c2cc3nc(Nc4cnn(C5CC5(F)F)c4Cl)ncc3cc2Cl)CCN(C2COC[C@H]2O)C[C@@H]1F. The zero-order valence-corrected chi connectivity index (χ0v) is 21.4. The van der Waals surface area contributed by atoms with Crippen molar-refractivity contribution in [2.75, 3.05) is 31.6 Å². The standard InChI is InChI=1S/C24H24Cl2F3N7O2/c25-14-3-12-6-31-22(34-16-7-32-36(21(16)26)20-5-24(20,28)29)33-15(12)4-13(14)23(11-30)1-2-35(8-19(23)27)17-9-38-10-18(17)37/h3-4,6-7,11,17-20,30,37H,1-2,5,8-10H2,(H,31,33,34)/t17?,18-,19+,20?,23?/m1/s1. The number of nitrogens with zero attached hydrogens (tertiary/aromatic N) is 5. The third-order valence-corrected chi connectivity index (χ3v) is 8.44. The average Bonchev–Trinajstić information content (AvgIpc) is 3.15. The highest BCUT2D eigenvalue weighted by molar-refractivity contribution is 6.32. The number of benzene rings is 1. The summed E-state index contributed by atoms with van der Waals surface area (Å²) >= 11 is 12.9. The summed E-state index contributed by atoms with van der Waals surface area (Å²) in [6.07, 6.45) is 1.79.